The van der Waals surface area contributed by atoms with E-state index < -0.39 is 11.6 Å². The van der Waals surface area contributed by atoms with E-state index in [0.29, 0.717) is 6.54 Å². The van der Waals surface area contributed by atoms with Crippen LogP contribution < -0.4 is 5.32 Å². The maximum Gasteiger partial charge on any atom is 0.246 e. The van der Waals surface area contributed by atoms with Crippen molar-refractivity contribution in [3.8, 4) is 0 Å². The van der Waals surface area contributed by atoms with Crippen molar-refractivity contribution in [1.82, 2.24) is 10.2 Å². The summed E-state index contributed by atoms with van der Waals surface area (Å²) in [7, 11) is 0. The highest BCUT2D eigenvalue weighted by atomic mass is 16.2. The molecule has 1 fully saturated rings. The third-order valence-electron chi connectivity index (χ3n) is 3.30. The average molecular weight is 240 g/mol. The normalized spacial score (nSPS) is 24.8. The summed E-state index contributed by atoms with van der Waals surface area (Å²) in [6, 6.07) is -0.407. The van der Waals surface area contributed by atoms with Crippen LogP contribution in [-0.2, 0) is 9.59 Å². The summed E-state index contributed by atoms with van der Waals surface area (Å²) in [5.41, 5.74) is -0.581. The molecular weight excluding hydrogens is 216 g/mol. The van der Waals surface area contributed by atoms with E-state index in [4.69, 9.17) is 0 Å². The van der Waals surface area contributed by atoms with Crippen LogP contribution in [0.1, 0.15) is 48.0 Å². The average Bonchev–Trinajstić information content (AvgIpc) is 2.13. The number of piperazine rings is 1. The van der Waals surface area contributed by atoms with Gasteiger partial charge in [-0.25, -0.2) is 0 Å². The molecule has 1 unspecified atom stereocenters. The highest BCUT2D eigenvalue weighted by Crippen LogP contribution is 2.25. The standard InChI is InChI=1S/C13H24N2O2/c1-9-10(16)15(8-7-12(2,3)4)13(5,6)11(17)14-9/h9H,7-8H2,1-6H3,(H,14,17). The second kappa shape index (κ2) is 4.31. The molecule has 1 saturated heterocycles. The van der Waals surface area contributed by atoms with Crippen molar-refractivity contribution in [3.05, 3.63) is 0 Å². The molecule has 1 N–H and O–H groups in total. The fourth-order valence-corrected chi connectivity index (χ4v) is 1.90. The summed E-state index contributed by atoms with van der Waals surface area (Å²) < 4.78 is 0. The van der Waals surface area contributed by atoms with Crippen LogP contribution in [0.25, 0.3) is 0 Å². The molecule has 1 aliphatic heterocycles. The van der Waals surface area contributed by atoms with E-state index in [1.165, 1.54) is 0 Å². The van der Waals surface area contributed by atoms with E-state index in [1.54, 1.807) is 25.7 Å². The summed E-state index contributed by atoms with van der Waals surface area (Å²) >= 11 is 0. The largest absolute Gasteiger partial charge is 0.343 e. The molecule has 2 amide bonds. The van der Waals surface area contributed by atoms with Crippen molar-refractivity contribution in [2.75, 3.05) is 6.54 Å². The minimum Gasteiger partial charge on any atom is -0.343 e. The Hall–Kier alpha value is -1.06. The van der Waals surface area contributed by atoms with Crippen LogP contribution in [0.15, 0.2) is 0 Å². The highest BCUT2D eigenvalue weighted by molar-refractivity contribution is 5.99. The zero-order chi connectivity index (χ0) is 13.4. The maximum absolute atomic E-state index is 12.1. The van der Waals surface area contributed by atoms with Crippen molar-refractivity contribution in [3.63, 3.8) is 0 Å². The van der Waals surface area contributed by atoms with Crippen molar-refractivity contribution in [1.29, 1.82) is 0 Å². The van der Waals surface area contributed by atoms with Gasteiger partial charge in [-0.1, -0.05) is 20.8 Å². The van der Waals surface area contributed by atoms with Crippen LogP contribution >= 0.6 is 0 Å². The fourth-order valence-electron chi connectivity index (χ4n) is 1.90. The molecule has 0 aromatic carbocycles. The third-order valence-corrected chi connectivity index (χ3v) is 3.30. The first-order chi connectivity index (χ1) is 7.55. The summed E-state index contributed by atoms with van der Waals surface area (Å²) in [6.07, 6.45) is 0.891. The van der Waals surface area contributed by atoms with Crippen molar-refractivity contribution < 1.29 is 9.59 Å². The minimum absolute atomic E-state index is 0.0128. The molecule has 17 heavy (non-hydrogen) atoms. The topological polar surface area (TPSA) is 49.4 Å². The van der Waals surface area contributed by atoms with Gasteiger partial charge in [-0.05, 0) is 32.6 Å². The summed E-state index contributed by atoms with van der Waals surface area (Å²) in [6.45, 7) is 12.4. The van der Waals surface area contributed by atoms with Crippen LogP contribution in [0.4, 0.5) is 0 Å². The Morgan fingerprint density at radius 2 is 1.82 bits per heavy atom. The molecule has 0 radical (unpaired) electrons. The molecule has 0 aromatic heterocycles. The van der Waals surface area contributed by atoms with Gasteiger partial charge in [0.05, 0.1) is 0 Å². The molecule has 0 spiro atoms. The van der Waals surface area contributed by atoms with E-state index in [1.807, 2.05) is 0 Å². The molecule has 98 valence electrons. The second-order valence-electron chi connectivity index (χ2n) is 6.55. The van der Waals surface area contributed by atoms with Crippen LogP contribution in [-0.4, -0.2) is 34.8 Å². The quantitative estimate of drug-likeness (QED) is 0.796. The molecule has 4 heteroatoms. The molecule has 1 aliphatic rings. The van der Waals surface area contributed by atoms with Crippen LogP contribution in [0.3, 0.4) is 0 Å². The molecule has 0 bridgehead atoms. The lowest BCUT2D eigenvalue weighted by atomic mass is 9.89. The molecule has 0 aromatic rings. The Kier molecular flexibility index (Phi) is 3.55. The van der Waals surface area contributed by atoms with E-state index in [2.05, 4.69) is 26.1 Å². The first kappa shape index (κ1) is 14.0. The number of hydrogen-bond acceptors (Lipinski definition) is 2. The molecule has 0 aliphatic carbocycles. The first-order valence-electron chi connectivity index (χ1n) is 6.18. The van der Waals surface area contributed by atoms with Gasteiger partial charge < -0.3 is 10.2 Å². The monoisotopic (exact) mass is 240 g/mol. The van der Waals surface area contributed by atoms with Crippen molar-refractivity contribution in [2.45, 2.75) is 59.5 Å². The van der Waals surface area contributed by atoms with E-state index in [9.17, 15) is 9.59 Å². The minimum atomic E-state index is -0.741. The van der Waals surface area contributed by atoms with E-state index in [0.717, 1.165) is 6.42 Å². The number of hydrogen-bond donors (Lipinski definition) is 1. The molecule has 1 atom stereocenters. The van der Waals surface area contributed by atoms with E-state index >= 15 is 0 Å². The number of amides is 2. The van der Waals surface area contributed by atoms with Gasteiger partial charge in [0.25, 0.3) is 0 Å². The van der Waals surface area contributed by atoms with Gasteiger partial charge in [0.15, 0.2) is 0 Å². The number of carbonyl (C=O) groups is 2. The lowest BCUT2D eigenvalue weighted by Crippen LogP contribution is -2.67. The zero-order valence-electron chi connectivity index (χ0n) is 11.8. The van der Waals surface area contributed by atoms with Gasteiger partial charge in [-0.2, -0.15) is 0 Å². The Balaban J connectivity index is 2.84. The third kappa shape index (κ3) is 2.99. The molecule has 0 saturated carbocycles. The second-order valence-corrected chi connectivity index (χ2v) is 6.55. The van der Waals surface area contributed by atoms with Crippen LogP contribution in [0.5, 0.6) is 0 Å². The smallest absolute Gasteiger partial charge is 0.246 e. The maximum atomic E-state index is 12.1. The first-order valence-corrected chi connectivity index (χ1v) is 6.18. The predicted octanol–water partition coefficient (Wildman–Crippen LogP) is 1.55. The molecular formula is C13H24N2O2. The Labute approximate surface area is 104 Å². The number of carbonyl (C=O) groups excluding carboxylic acids is 2. The van der Waals surface area contributed by atoms with Gasteiger partial charge in [-0.3, -0.25) is 9.59 Å². The lowest BCUT2D eigenvalue weighted by molar-refractivity contribution is -0.155. The Morgan fingerprint density at radius 3 is 2.29 bits per heavy atom. The Morgan fingerprint density at radius 1 is 1.29 bits per heavy atom. The molecule has 4 nitrogen and oxygen atoms in total. The van der Waals surface area contributed by atoms with Gasteiger partial charge in [0.2, 0.25) is 11.8 Å². The Bertz CT molecular complexity index is 329. The number of rotatable bonds is 2. The SMILES string of the molecule is CC1NC(=O)C(C)(C)N(CCC(C)(C)C)C1=O. The van der Waals surface area contributed by atoms with E-state index in [-0.39, 0.29) is 17.2 Å². The summed E-state index contributed by atoms with van der Waals surface area (Å²) in [4.78, 5) is 25.7. The highest BCUT2D eigenvalue weighted by Gasteiger charge is 2.44. The van der Waals surface area contributed by atoms with Gasteiger partial charge in [0.1, 0.15) is 11.6 Å². The van der Waals surface area contributed by atoms with Gasteiger partial charge in [0, 0.05) is 6.54 Å². The van der Waals surface area contributed by atoms with Crippen LogP contribution in [0, 0.1) is 5.41 Å². The lowest BCUT2D eigenvalue weighted by Gasteiger charge is -2.44. The van der Waals surface area contributed by atoms with Crippen molar-refractivity contribution >= 4 is 11.8 Å². The fraction of sp³-hybridized carbons (Fsp3) is 0.846. The predicted molar refractivity (Wildman–Crippen MR) is 67.5 cm³/mol. The zero-order valence-corrected chi connectivity index (χ0v) is 11.8. The number of nitrogens with one attached hydrogen (secondary N) is 1. The summed E-state index contributed by atoms with van der Waals surface area (Å²) in [5.74, 6) is -0.0580. The van der Waals surface area contributed by atoms with Crippen LogP contribution in [0.2, 0.25) is 0 Å². The molecule has 1 rings (SSSR count). The number of nitrogens with zero attached hydrogens (tertiary/aromatic N) is 1. The molecule has 1 heterocycles. The van der Waals surface area contributed by atoms with Gasteiger partial charge in [-0.15, -0.1) is 0 Å². The summed E-state index contributed by atoms with van der Waals surface area (Å²) in [5, 5.41) is 2.72. The van der Waals surface area contributed by atoms with Crippen molar-refractivity contribution in [2.24, 2.45) is 5.41 Å². The van der Waals surface area contributed by atoms with Gasteiger partial charge >= 0.3 is 0 Å².